The van der Waals surface area contributed by atoms with Crippen LogP contribution in [0.5, 0.6) is 0 Å². The van der Waals surface area contributed by atoms with Crippen LogP contribution in [0.1, 0.15) is 10.5 Å². The van der Waals surface area contributed by atoms with Crippen molar-refractivity contribution >= 4 is 23.2 Å². The Morgan fingerprint density at radius 3 is 2.60 bits per heavy atom. The number of nitrogens with zero attached hydrogens (tertiary/aromatic N) is 1. The molecule has 4 nitrogen and oxygen atoms in total. The van der Waals surface area contributed by atoms with Crippen molar-refractivity contribution in [1.29, 1.82) is 0 Å². The molecule has 0 aliphatic heterocycles. The van der Waals surface area contributed by atoms with Gasteiger partial charge >= 0.3 is 0 Å². The minimum absolute atomic E-state index is 0.251. The van der Waals surface area contributed by atoms with Gasteiger partial charge < -0.3 is 5.32 Å². The predicted molar refractivity (Wildman–Crippen MR) is 58.0 cm³/mol. The maximum Gasteiger partial charge on any atom is 0.276 e. The highest BCUT2D eigenvalue weighted by Crippen LogP contribution is 2.13. The van der Waals surface area contributed by atoms with Crippen molar-refractivity contribution in [3.05, 3.63) is 47.2 Å². The fraction of sp³-hybridized carbons (Fsp3) is 0. The van der Waals surface area contributed by atoms with Crippen LogP contribution in [0, 0.1) is 0 Å². The Labute approximate surface area is 91.3 Å². The molecule has 1 aromatic heterocycles. The molecule has 0 aliphatic carbocycles. The summed E-state index contributed by atoms with van der Waals surface area (Å²) >= 11 is 5.72. The van der Waals surface area contributed by atoms with Gasteiger partial charge in [-0.05, 0) is 30.3 Å². The van der Waals surface area contributed by atoms with Crippen LogP contribution in [-0.4, -0.2) is 16.1 Å². The molecule has 76 valence electrons. The SMILES string of the molecule is O=C(Nc1ccc(Cl)cc1)c1cc[nH]n1. The summed E-state index contributed by atoms with van der Waals surface area (Å²) in [4.78, 5) is 11.5. The molecule has 0 saturated carbocycles. The summed E-state index contributed by atoms with van der Waals surface area (Å²) in [6, 6.07) is 8.48. The summed E-state index contributed by atoms with van der Waals surface area (Å²) in [7, 11) is 0. The molecule has 15 heavy (non-hydrogen) atoms. The van der Waals surface area contributed by atoms with E-state index in [4.69, 9.17) is 11.6 Å². The van der Waals surface area contributed by atoms with Crippen molar-refractivity contribution in [1.82, 2.24) is 10.2 Å². The zero-order chi connectivity index (χ0) is 10.7. The Bertz CT molecular complexity index is 450. The first-order valence-electron chi connectivity index (χ1n) is 4.32. The third kappa shape index (κ3) is 2.35. The second-order valence-electron chi connectivity index (χ2n) is 2.92. The van der Waals surface area contributed by atoms with Gasteiger partial charge in [-0.3, -0.25) is 9.89 Å². The molecular weight excluding hydrogens is 214 g/mol. The van der Waals surface area contributed by atoms with E-state index in [1.807, 2.05) is 0 Å². The van der Waals surface area contributed by atoms with Gasteiger partial charge in [-0.25, -0.2) is 0 Å². The average Bonchev–Trinajstić information content (AvgIpc) is 2.74. The molecule has 0 bridgehead atoms. The number of carbonyl (C=O) groups is 1. The zero-order valence-corrected chi connectivity index (χ0v) is 8.45. The van der Waals surface area contributed by atoms with Crippen LogP contribution >= 0.6 is 11.6 Å². The first-order valence-corrected chi connectivity index (χ1v) is 4.70. The van der Waals surface area contributed by atoms with Gasteiger partial charge in [0.1, 0.15) is 5.69 Å². The lowest BCUT2D eigenvalue weighted by molar-refractivity contribution is 0.102. The van der Waals surface area contributed by atoms with Crippen molar-refractivity contribution in [2.24, 2.45) is 0 Å². The third-order valence-electron chi connectivity index (χ3n) is 1.84. The minimum Gasteiger partial charge on any atom is -0.321 e. The minimum atomic E-state index is -0.251. The van der Waals surface area contributed by atoms with E-state index in [-0.39, 0.29) is 5.91 Å². The number of hydrogen-bond acceptors (Lipinski definition) is 2. The van der Waals surface area contributed by atoms with Gasteiger partial charge in [0, 0.05) is 16.9 Å². The monoisotopic (exact) mass is 221 g/mol. The lowest BCUT2D eigenvalue weighted by atomic mass is 10.3. The molecule has 0 spiro atoms. The molecular formula is C10H8ClN3O. The molecule has 2 N–H and O–H groups in total. The highest BCUT2D eigenvalue weighted by atomic mass is 35.5. The van der Waals surface area contributed by atoms with Gasteiger partial charge in [-0.2, -0.15) is 5.10 Å². The maximum atomic E-state index is 11.5. The zero-order valence-electron chi connectivity index (χ0n) is 7.70. The Balaban J connectivity index is 2.09. The smallest absolute Gasteiger partial charge is 0.276 e. The fourth-order valence-electron chi connectivity index (χ4n) is 1.12. The number of nitrogens with one attached hydrogen (secondary N) is 2. The van der Waals surface area contributed by atoms with E-state index in [9.17, 15) is 4.79 Å². The lowest BCUT2D eigenvalue weighted by Crippen LogP contribution is -2.12. The largest absolute Gasteiger partial charge is 0.321 e. The summed E-state index contributed by atoms with van der Waals surface area (Å²) in [6.45, 7) is 0. The summed E-state index contributed by atoms with van der Waals surface area (Å²) < 4.78 is 0. The number of amides is 1. The Kier molecular flexibility index (Phi) is 2.69. The number of benzene rings is 1. The van der Waals surface area contributed by atoms with E-state index < -0.39 is 0 Å². The fourth-order valence-corrected chi connectivity index (χ4v) is 1.24. The van der Waals surface area contributed by atoms with E-state index in [0.29, 0.717) is 16.4 Å². The van der Waals surface area contributed by atoms with Gasteiger partial charge in [-0.1, -0.05) is 11.6 Å². The topological polar surface area (TPSA) is 57.8 Å². The normalized spacial score (nSPS) is 9.93. The van der Waals surface area contributed by atoms with Crippen molar-refractivity contribution < 1.29 is 4.79 Å². The van der Waals surface area contributed by atoms with E-state index in [1.54, 1.807) is 36.5 Å². The molecule has 1 heterocycles. The van der Waals surface area contributed by atoms with Crippen LogP contribution < -0.4 is 5.32 Å². The predicted octanol–water partition coefficient (Wildman–Crippen LogP) is 2.32. The molecule has 5 heteroatoms. The van der Waals surface area contributed by atoms with Crippen LogP contribution in [0.15, 0.2) is 36.5 Å². The summed E-state index contributed by atoms with van der Waals surface area (Å²) in [6.07, 6.45) is 1.59. The first kappa shape index (κ1) is 9.73. The molecule has 2 rings (SSSR count). The van der Waals surface area contributed by atoms with Crippen LogP contribution in [0.25, 0.3) is 0 Å². The molecule has 0 aliphatic rings. The van der Waals surface area contributed by atoms with Gasteiger partial charge in [0.15, 0.2) is 0 Å². The number of rotatable bonds is 2. The number of aromatic nitrogens is 2. The molecule has 0 saturated heterocycles. The van der Waals surface area contributed by atoms with E-state index in [1.165, 1.54) is 0 Å². The number of anilines is 1. The van der Waals surface area contributed by atoms with E-state index in [0.717, 1.165) is 0 Å². The van der Waals surface area contributed by atoms with Gasteiger partial charge in [-0.15, -0.1) is 0 Å². The van der Waals surface area contributed by atoms with Crippen LogP contribution in [-0.2, 0) is 0 Å². The van der Waals surface area contributed by atoms with Gasteiger partial charge in [0.05, 0.1) is 0 Å². The van der Waals surface area contributed by atoms with Gasteiger partial charge in [0.25, 0.3) is 5.91 Å². The Hall–Kier alpha value is -1.81. The number of H-pyrrole nitrogens is 1. The summed E-state index contributed by atoms with van der Waals surface area (Å²) in [5.41, 5.74) is 1.04. The third-order valence-corrected chi connectivity index (χ3v) is 2.09. The standard InChI is InChI=1S/C10H8ClN3O/c11-7-1-3-8(4-2-7)13-10(15)9-5-6-12-14-9/h1-6H,(H,12,14)(H,13,15). The van der Waals surface area contributed by atoms with Crippen LogP contribution in [0.3, 0.4) is 0 Å². The van der Waals surface area contributed by atoms with Crippen LogP contribution in [0.2, 0.25) is 5.02 Å². The first-order chi connectivity index (χ1) is 7.25. The molecule has 0 fully saturated rings. The van der Waals surface area contributed by atoms with E-state index in [2.05, 4.69) is 15.5 Å². The van der Waals surface area contributed by atoms with Gasteiger partial charge in [0.2, 0.25) is 0 Å². The molecule has 0 unspecified atom stereocenters. The van der Waals surface area contributed by atoms with Crippen molar-refractivity contribution in [2.45, 2.75) is 0 Å². The molecule has 1 amide bonds. The van der Waals surface area contributed by atoms with Crippen LogP contribution in [0.4, 0.5) is 5.69 Å². The van der Waals surface area contributed by atoms with Crippen molar-refractivity contribution in [2.75, 3.05) is 5.32 Å². The Morgan fingerprint density at radius 2 is 2.00 bits per heavy atom. The highest BCUT2D eigenvalue weighted by Gasteiger charge is 2.07. The highest BCUT2D eigenvalue weighted by molar-refractivity contribution is 6.30. The molecule has 0 atom stereocenters. The number of aromatic amines is 1. The quantitative estimate of drug-likeness (QED) is 0.818. The summed E-state index contributed by atoms with van der Waals surface area (Å²) in [5.74, 6) is -0.251. The van der Waals surface area contributed by atoms with E-state index >= 15 is 0 Å². The van der Waals surface area contributed by atoms with Crippen molar-refractivity contribution in [3.8, 4) is 0 Å². The maximum absolute atomic E-state index is 11.5. The molecule has 2 aromatic rings. The molecule has 1 aromatic carbocycles. The lowest BCUT2D eigenvalue weighted by Gasteiger charge is -2.02. The number of hydrogen-bond donors (Lipinski definition) is 2. The second-order valence-corrected chi connectivity index (χ2v) is 3.36. The molecule has 0 radical (unpaired) electrons. The van der Waals surface area contributed by atoms with Crippen molar-refractivity contribution in [3.63, 3.8) is 0 Å². The number of carbonyl (C=O) groups excluding carboxylic acids is 1. The Morgan fingerprint density at radius 1 is 1.27 bits per heavy atom. The average molecular weight is 222 g/mol. The number of halogens is 1. The second kappa shape index (κ2) is 4.14. The summed E-state index contributed by atoms with van der Waals surface area (Å²) in [5, 5.41) is 9.66.